The summed E-state index contributed by atoms with van der Waals surface area (Å²) in [6, 6.07) is 8.95. The third-order valence-electron chi connectivity index (χ3n) is 4.77. The number of primary amides is 1. The van der Waals surface area contributed by atoms with Crippen LogP contribution in [0.25, 0.3) is 10.9 Å². The van der Waals surface area contributed by atoms with Crippen molar-refractivity contribution in [1.82, 2.24) is 9.66 Å². The van der Waals surface area contributed by atoms with Gasteiger partial charge in [0.25, 0.3) is 11.5 Å². The van der Waals surface area contributed by atoms with Gasteiger partial charge in [0, 0.05) is 16.5 Å². The van der Waals surface area contributed by atoms with Crippen LogP contribution in [0.5, 0.6) is 11.5 Å². The molecule has 3 aromatic rings. The van der Waals surface area contributed by atoms with Crippen LogP contribution in [0.15, 0.2) is 57.4 Å². The van der Waals surface area contributed by atoms with E-state index in [1.807, 2.05) is 25.1 Å². The molecule has 0 unspecified atom stereocenters. The number of fused-ring (bicyclic) bond motifs is 1. The van der Waals surface area contributed by atoms with Gasteiger partial charge in [-0.3, -0.25) is 9.59 Å². The molecule has 33 heavy (non-hydrogen) atoms. The summed E-state index contributed by atoms with van der Waals surface area (Å²) in [5, 5.41) is 4.93. The smallest absolute Gasteiger partial charge is 0.282 e. The third kappa shape index (κ3) is 5.67. The lowest BCUT2D eigenvalue weighted by molar-refractivity contribution is -0.119. The molecule has 0 bridgehead atoms. The van der Waals surface area contributed by atoms with Gasteiger partial charge in [-0.1, -0.05) is 28.9 Å². The highest BCUT2D eigenvalue weighted by Gasteiger charge is 2.14. The van der Waals surface area contributed by atoms with E-state index in [-0.39, 0.29) is 12.2 Å². The molecule has 0 fully saturated rings. The monoisotopic (exact) mass is 512 g/mol. The van der Waals surface area contributed by atoms with Crippen LogP contribution in [0.4, 0.5) is 0 Å². The normalized spacial score (nSPS) is 11.1. The van der Waals surface area contributed by atoms with Crippen LogP contribution in [0.1, 0.15) is 30.3 Å². The van der Waals surface area contributed by atoms with Crippen LogP contribution in [0, 0.1) is 0 Å². The summed E-state index contributed by atoms with van der Waals surface area (Å²) in [7, 11) is 1.50. The Morgan fingerprint density at radius 2 is 2.12 bits per heavy atom. The number of methoxy groups -OCH3 is 1. The van der Waals surface area contributed by atoms with E-state index in [1.165, 1.54) is 11.8 Å². The minimum absolute atomic E-state index is 0.249. The van der Waals surface area contributed by atoms with E-state index in [4.69, 9.17) is 15.2 Å². The molecule has 8 nitrogen and oxygen atoms in total. The Morgan fingerprint density at radius 3 is 2.79 bits per heavy atom. The molecule has 172 valence electrons. The summed E-state index contributed by atoms with van der Waals surface area (Å²) in [6.07, 6.45) is 5.16. The number of rotatable bonds is 10. The number of aromatic nitrogens is 2. The molecule has 0 aliphatic rings. The fraction of sp³-hybridized carbons (Fsp3) is 0.250. The minimum Gasteiger partial charge on any atom is -0.493 e. The van der Waals surface area contributed by atoms with E-state index < -0.39 is 5.91 Å². The number of halogens is 1. The Kier molecular flexibility index (Phi) is 8.00. The zero-order valence-corrected chi connectivity index (χ0v) is 20.1. The van der Waals surface area contributed by atoms with Crippen LogP contribution in [0.3, 0.4) is 0 Å². The van der Waals surface area contributed by atoms with Gasteiger partial charge in [0.15, 0.2) is 18.1 Å². The quantitative estimate of drug-likeness (QED) is 0.329. The van der Waals surface area contributed by atoms with Crippen molar-refractivity contribution in [2.24, 2.45) is 10.8 Å². The van der Waals surface area contributed by atoms with Crippen LogP contribution < -0.4 is 20.8 Å². The van der Waals surface area contributed by atoms with Gasteiger partial charge in [0.1, 0.15) is 5.82 Å². The first-order valence-electron chi connectivity index (χ1n) is 10.4. The van der Waals surface area contributed by atoms with Gasteiger partial charge in [-0.05, 0) is 48.7 Å². The average Bonchev–Trinajstić information content (AvgIpc) is 2.78. The zero-order chi connectivity index (χ0) is 24.0. The highest BCUT2D eigenvalue weighted by Crippen LogP contribution is 2.33. The lowest BCUT2D eigenvalue weighted by atomic mass is 10.1. The van der Waals surface area contributed by atoms with E-state index in [0.29, 0.717) is 46.6 Å². The van der Waals surface area contributed by atoms with Gasteiger partial charge >= 0.3 is 0 Å². The van der Waals surface area contributed by atoms with Crippen molar-refractivity contribution in [3.63, 3.8) is 0 Å². The second kappa shape index (κ2) is 10.9. The molecule has 0 aliphatic heterocycles. The van der Waals surface area contributed by atoms with Crippen LogP contribution >= 0.6 is 15.9 Å². The highest BCUT2D eigenvalue weighted by molar-refractivity contribution is 9.10. The zero-order valence-electron chi connectivity index (χ0n) is 18.5. The molecule has 1 heterocycles. The van der Waals surface area contributed by atoms with E-state index in [2.05, 4.69) is 32.6 Å². The summed E-state index contributed by atoms with van der Waals surface area (Å²) in [5.74, 6) is 0.812. The largest absolute Gasteiger partial charge is 0.493 e. The molecule has 0 spiro atoms. The molecule has 2 aromatic carbocycles. The van der Waals surface area contributed by atoms with Crippen LogP contribution in [0.2, 0.25) is 0 Å². The van der Waals surface area contributed by atoms with Crippen molar-refractivity contribution < 1.29 is 14.3 Å². The van der Waals surface area contributed by atoms with Gasteiger partial charge in [0.05, 0.1) is 24.2 Å². The number of carbonyl (C=O) groups is 1. The molecule has 0 aliphatic carbocycles. The SMILES string of the molecule is C=CCc1cc(C=Nn2c(CCC)nc3ccc(Br)cc3c2=O)cc(OC)c1OCC(N)=O. The molecule has 0 radical (unpaired) electrons. The van der Waals surface area contributed by atoms with Crippen molar-refractivity contribution in [1.29, 1.82) is 0 Å². The van der Waals surface area contributed by atoms with Crippen molar-refractivity contribution in [2.75, 3.05) is 13.7 Å². The summed E-state index contributed by atoms with van der Waals surface area (Å²) < 4.78 is 13.1. The summed E-state index contributed by atoms with van der Waals surface area (Å²) in [5.41, 5.74) is 7.02. The van der Waals surface area contributed by atoms with Gasteiger partial charge in [-0.15, -0.1) is 6.58 Å². The number of aryl methyl sites for hydroxylation is 1. The molecular formula is C24H25BrN4O4. The Balaban J connectivity index is 2.10. The number of hydrogen-bond donors (Lipinski definition) is 1. The van der Waals surface area contributed by atoms with Crippen molar-refractivity contribution in [3.8, 4) is 11.5 Å². The Hall–Kier alpha value is -3.46. The molecule has 9 heteroatoms. The van der Waals surface area contributed by atoms with E-state index in [0.717, 1.165) is 16.5 Å². The molecule has 1 aromatic heterocycles. The molecule has 0 saturated carbocycles. The lowest BCUT2D eigenvalue weighted by Gasteiger charge is -2.15. The summed E-state index contributed by atoms with van der Waals surface area (Å²) in [4.78, 5) is 29.0. The van der Waals surface area contributed by atoms with Crippen LogP contribution in [-0.2, 0) is 17.6 Å². The van der Waals surface area contributed by atoms with Crippen molar-refractivity contribution in [3.05, 3.63) is 74.8 Å². The summed E-state index contributed by atoms with van der Waals surface area (Å²) >= 11 is 3.41. The first kappa shape index (κ1) is 24.2. The van der Waals surface area contributed by atoms with E-state index in [1.54, 1.807) is 24.4 Å². The molecular weight excluding hydrogens is 488 g/mol. The Labute approximate surface area is 199 Å². The first-order chi connectivity index (χ1) is 15.9. The summed E-state index contributed by atoms with van der Waals surface area (Å²) in [6.45, 7) is 5.51. The van der Waals surface area contributed by atoms with Crippen molar-refractivity contribution >= 4 is 39.0 Å². The van der Waals surface area contributed by atoms with Gasteiger partial charge in [-0.2, -0.15) is 9.78 Å². The first-order valence-corrected chi connectivity index (χ1v) is 11.2. The average molecular weight is 513 g/mol. The maximum Gasteiger partial charge on any atom is 0.282 e. The maximum absolute atomic E-state index is 13.2. The number of hydrogen-bond acceptors (Lipinski definition) is 6. The molecule has 1 amide bonds. The molecule has 3 rings (SSSR count). The predicted molar refractivity (Wildman–Crippen MR) is 132 cm³/mol. The highest BCUT2D eigenvalue weighted by atomic mass is 79.9. The van der Waals surface area contributed by atoms with Gasteiger partial charge in [-0.25, -0.2) is 4.98 Å². The second-order valence-electron chi connectivity index (χ2n) is 7.26. The van der Waals surface area contributed by atoms with Crippen LogP contribution in [-0.4, -0.2) is 35.5 Å². The number of nitrogens with zero attached hydrogens (tertiary/aromatic N) is 3. The fourth-order valence-electron chi connectivity index (χ4n) is 3.35. The number of benzene rings is 2. The Morgan fingerprint density at radius 1 is 1.33 bits per heavy atom. The number of allylic oxidation sites excluding steroid dienone is 1. The molecule has 0 atom stereocenters. The number of amides is 1. The second-order valence-corrected chi connectivity index (χ2v) is 8.18. The van der Waals surface area contributed by atoms with Gasteiger partial charge < -0.3 is 15.2 Å². The fourth-order valence-corrected chi connectivity index (χ4v) is 3.71. The van der Waals surface area contributed by atoms with E-state index in [9.17, 15) is 9.59 Å². The van der Waals surface area contributed by atoms with E-state index >= 15 is 0 Å². The maximum atomic E-state index is 13.2. The minimum atomic E-state index is -0.592. The number of ether oxygens (including phenoxy) is 2. The standard InChI is InChI=1S/C24H25BrN4O4/c1-4-6-16-10-15(11-20(32-3)23(16)33-14-21(26)30)13-27-29-22(7-5-2)28-19-9-8-17(25)12-18(19)24(29)31/h4,8-13H,1,5-7,14H2,2-3H3,(H2,26,30). The lowest BCUT2D eigenvalue weighted by Crippen LogP contribution is -2.22. The van der Waals surface area contributed by atoms with Gasteiger partial charge in [0.2, 0.25) is 0 Å². The molecule has 0 saturated heterocycles. The topological polar surface area (TPSA) is 109 Å². The number of nitrogens with two attached hydrogens (primary N) is 1. The predicted octanol–water partition coefficient (Wildman–Crippen LogP) is 3.59. The number of carbonyl (C=O) groups excluding carboxylic acids is 1. The molecule has 2 N–H and O–H groups in total. The Bertz CT molecular complexity index is 1280. The van der Waals surface area contributed by atoms with Crippen molar-refractivity contribution in [2.45, 2.75) is 26.2 Å². The third-order valence-corrected chi connectivity index (χ3v) is 5.26.